The summed E-state index contributed by atoms with van der Waals surface area (Å²) in [5, 5.41) is 0. The summed E-state index contributed by atoms with van der Waals surface area (Å²) in [5.74, 6) is 0. The van der Waals surface area contributed by atoms with Crippen LogP contribution in [0.4, 0.5) is 17.1 Å². The van der Waals surface area contributed by atoms with Crippen LogP contribution in [0, 0.1) is 41.5 Å². The van der Waals surface area contributed by atoms with Crippen LogP contribution in [0.3, 0.4) is 0 Å². The Morgan fingerprint density at radius 2 is 0.880 bits per heavy atom. The summed E-state index contributed by atoms with van der Waals surface area (Å²) in [6, 6.07) is 19.8. The molecule has 0 heterocycles. The van der Waals surface area contributed by atoms with Crippen molar-refractivity contribution in [3.8, 4) is 0 Å². The summed E-state index contributed by atoms with van der Waals surface area (Å²) in [6.07, 6.45) is 0. The topological polar surface area (TPSA) is 3.24 Å². The van der Waals surface area contributed by atoms with Crippen LogP contribution >= 0.6 is 0 Å². The molecule has 0 aliphatic rings. The molecular weight excluding hydrogens is 302 g/mol. The van der Waals surface area contributed by atoms with Gasteiger partial charge >= 0.3 is 0 Å². The molecule has 128 valence electrons. The lowest BCUT2D eigenvalue weighted by atomic mass is 9.99. The van der Waals surface area contributed by atoms with Crippen molar-refractivity contribution in [2.45, 2.75) is 41.5 Å². The van der Waals surface area contributed by atoms with Gasteiger partial charge in [0.25, 0.3) is 0 Å². The van der Waals surface area contributed by atoms with E-state index >= 15 is 0 Å². The van der Waals surface area contributed by atoms with Gasteiger partial charge in [0.2, 0.25) is 0 Å². The molecule has 0 bridgehead atoms. The summed E-state index contributed by atoms with van der Waals surface area (Å²) in [7, 11) is 0. The molecule has 3 aromatic rings. The molecule has 0 N–H and O–H groups in total. The minimum Gasteiger partial charge on any atom is -0.309 e. The Balaban J connectivity index is 2.34. The van der Waals surface area contributed by atoms with Gasteiger partial charge in [-0.15, -0.1) is 0 Å². The second-order valence-electron chi connectivity index (χ2n) is 7.17. The number of rotatable bonds is 3. The Kier molecular flexibility index (Phi) is 4.67. The number of benzene rings is 3. The first-order chi connectivity index (χ1) is 11.9. The van der Waals surface area contributed by atoms with Gasteiger partial charge in [0.15, 0.2) is 0 Å². The number of nitrogens with zero attached hydrogens (tertiary/aromatic N) is 1. The maximum absolute atomic E-state index is 2.42. The van der Waals surface area contributed by atoms with E-state index in [9.17, 15) is 0 Å². The molecule has 0 aromatic heterocycles. The van der Waals surface area contributed by atoms with Crippen molar-refractivity contribution >= 4 is 17.1 Å². The average molecular weight is 329 g/mol. The largest absolute Gasteiger partial charge is 0.309 e. The summed E-state index contributed by atoms with van der Waals surface area (Å²) < 4.78 is 0. The summed E-state index contributed by atoms with van der Waals surface area (Å²) in [5.41, 5.74) is 11.6. The monoisotopic (exact) mass is 329 g/mol. The van der Waals surface area contributed by atoms with Gasteiger partial charge in [-0.05, 0) is 75.9 Å². The Morgan fingerprint density at radius 3 is 1.24 bits per heavy atom. The molecule has 1 nitrogen and oxygen atoms in total. The van der Waals surface area contributed by atoms with Crippen molar-refractivity contribution in [1.29, 1.82) is 0 Å². The van der Waals surface area contributed by atoms with Crippen molar-refractivity contribution in [1.82, 2.24) is 0 Å². The first kappa shape index (κ1) is 17.3. The molecule has 0 aliphatic carbocycles. The maximum atomic E-state index is 2.42. The standard InChI is InChI=1S/C24H27N/c1-16-12-18(3)23(19(4)13-16)25(22-10-8-7-9-11-22)24-20(5)14-17(2)15-21(24)6/h7-15H,1-6H3. The average Bonchev–Trinajstić information content (AvgIpc) is 2.52. The van der Waals surface area contributed by atoms with E-state index in [0.29, 0.717) is 0 Å². The van der Waals surface area contributed by atoms with E-state index in [2.05, 4.69) is 101 Å². The molecule has 0 atom stereocenters. The van der Waals surface area contributed by atoms with Crippen LogP contribution in [-0.2, 0) is 0 Å². The predicted octanol–water partition coefficient (Wildman–Crippen LogP) is 7.01. The number of hydrogen-bond donors (Lipinski definition) is 0. The van der Waals surface area contributed by atoms with E-state index < -0.39 is 0 Å². The number of para-hydroxylation sites is 1. The van der Waals surface area contributed by atoms with Crippen LogP contribution in [-0.4, -0.2) is 0 Å². The summed E-state index contributed by atoms with van der Waals surface area (Å²) >= 11 is 0. The Hall–Kier alpha value is -2.54. The van der Waals surface area contributed by atoms with Crippen molar-refractivity contribution in [2.75, 3.05) is 4.90 Å². The molecule has 0 amide bonds. The minimum atomic E-state index is 1.20. The second-order valence-corrected chi connectivity index (χ2v) is 7.17. The van der Waals surface area contributed by atoms with Crippen molar-refractivity contribution in [2.24, 2.45) is 0 Å². The zero-order valence-corrected chi connectivity index (χ0v) is 16.1. The number of hydrogen-bond acceptors (Lipinski definition) is 1. The predicted molar refractivity (Wildman–Crippen MR) is 110 cm³/mol. The lowest BCUT2D eigenvalue weighted by Gasteiger charge is -2.31. The molecule has 3 rings (SSSR count). The van der Waals surface area contributed by atoms with Crippen LogP contribution in [0.25, 0.3) is 0 Å². The fourth-order valence-corrected chi connectivity index (χ4v) is 4.00. The van der Waals surface area contributed by atoms with Crippen LogP contribution in [0.2, 0.25) is 0 Å². The highest BCUT2D eigenvalue weighted by atomic mass is 15.2. The van der Waals surface area contributed by atoms with Gasteiger partial charge in [-0.3, -0.25) is 0 Å². The maximum Gasteiger partial charge on any atom is 0.0520 e. The summed E-state index contributed by atoms with van der Waals surface area (Å²) in [6.45, 7) is 13.2. The van der Waals surface area contributed by atoms with Crippen molar-refractivity contribution in [3.05, 3.63) is 88.0 Å². The van der Waals surface area contributed by atoms with E-state index in [0.717, 1.165) is 0 Å². The fourth-order valence-electron chi connectivity index (χ4n) is 4.00. The second kappa shape index (κ2) is 6.76. The van der Waals surface area contributed by atoms with Gasteiger partial charge < -0.3 is 4.90 Å². The summed E-state index contributed by atoms with van der Waals surface area (Å²) in [4.78, 5) is 2.42. The highest BCUT2D eigenvalue weighted by Gasteiger charge is 2.20. The quantitative estimate of drug-likeness (QED) is 0.499. The van der Waals surface area contributed by atoms with E-state index in [1.54, 1.807) is 0 Å². The zero-order valence-electron chi connectivity index (χ0n) is 16.1. The van der Waals surface area contributed by atoms with Gasteiger partial charge in [-0.1, -0.05) is 53.6 Å². The lowest BCUT2D eigenvalue weighted by molar-refractivity contribution is 1.16. The van der Waals surface area contributed by atoms with E-state index in [-0.39, 0.29) is 0 Å². The molecule has 3 aromatic carbocycles. The van der Waals surface area contributed by atoms with Crippen LogP contribution in [0.1, 0.15) is 33.4 Å². The smallest absolute Gasteiger partial charge is 0.0520 e. The molecule has 0 saturated carbocycles. The van der Waals surface area contributed by atoms with Crippen LogP contribution < -0.4 is 4.90 Å². The molecule has 25 heavy (non-hydrogen) atoms. The molecule has 0 fully saturated rings. The molecular formula is C24H27N. The van der Waals surface area contributed by atoms with Crippen molar-refractivity contribution < 1.29 is 0 Å². The van der Waals surface area contributed by atoms with Gasteiger partial charge in [-0.2, -0.15) is 0 Å². The molecule has 0 radical (unpaired) electrons. The Labute approximate surface area is 151 Å². The molecule has 0 saturated heterocycles. The fraction of sp³-hybridized carbons (Fsp3) is 0.250. The van der Waals surface area contributed by atoms with Crippen molar-refractivity contribution in [3.63, 3.8) is 0 Å². The van der Waals surface area contributed by atoms with Crippen LogP contribution in [0.15, 0.2) is 54.6 Å². The lowest BCUT2D eigenvalue weighted by Crippen LogP contribution is -2.15. The van der Waals surface area contributed by atoms with Gasteiger partial charge in [0.1, 0.15) is 0 Å². The first-order valence-electron chi connectivity index (χ1n) is 8.89. The van der Waals surface area contributed by atoms with Gasteiger partial charge in [0.05, 0.1) is 11.4 Å². The third-order valence-corrected chi connectivity index (χ3v) is 4.73. The Bertz CT molecular complexity index is 803. The molecule has 0 spiro atoms. The molecule has 0 aliphatic heterocycles. The normalized spacial score (nSPS) is 10.8. The van der Waals surface area contributed by atoms with E-state index in [1.807, 2.05) is 0 Å². The first-order valence-corrected chi connectivity index (χ1v) is 8.89. The van der Waals surface area contributed by atoms with Gasteiger partial charge in [-0.25, -0.2) is 0 Å². The Morgan fingerprint density at radius 1 is 0.520 bits per heavy atom. The third kappa shape index (κ3) is 3.32. The van der Waals surface area contributed by atoms with Gasteiger partial charge in [0, 0.05) is 5.69 Å². The molecule has 0 unspecified atom stereocenters. The molecule has 1 heteroatoms. The number of anilines is 3. The highest BCUT2D eigenvalue weighted by molar-refractivity contribution is 5.83. The minimum absolute atomic E-state index is 1.20. The van der Waals surface area contributed by atoms with E-state index in [4.69, 9.17) is 0 Å². The van der Waals surface area contributed by atoms with Crippen LogP contribution in [0.5, 0.6) is 0 Å². The zero-order chi connectivity index (χ0) is 18.1. The highest BCUT2D eigenvalue weighted by Crippen LogP contribution is 2.42. The SMILES string of the molecule is Cc1cc(C)c(N(c2ccccc2)c2c(C)cc(C)cc2C)c(C)c1. The third-order valence-electron chi connectivity index (χ3n) is 4.73. The number of aryl methyl sites for hydroxylation is 6. The van der Waals surface area contributed by atoms with E-state index in [1.165, 1.54) is 50.4 Å².